The summed E-state index contributed by atoms with van der Waals surface area (Å²) < 4.78 is 0. The molecule has 1 nitrogen and oxygen atoms in total. The number of rotatable bonds is 5. The summed E-state index contributed by atoms with van der Waals surface area (Å²) in [5.41, 5.74) is 2.58. The van der Waals surface area contributed by atoms with Gasteiger partial charge in [-0.25, -0.2) is 0 Å². The smallest absolute Gasteiger partial charge is 0.0663 e. The van der Waals surface area contributed by atoms with E-state index in [1.807, 2.05) is 19.1 Å². The molecule has 2 aromatic carbocycles. The first-order chi connectivity index (χ1) is 9.29. The first-order valence-electron chi connectivity index (χ1n) is 6.60. The van der Waals surface area contributed by atoms with Crippen molar-refractivity contribution in [2.24, 2.45) is 0 Å². The zero-order valence-electron chi connectivity index (χ0n) is 11.2. The predicted molar refractivity (Wildman–Crippen MR) is 80.8 cm³/mol. The maximum Gasteiger partial charge on any atom is 0.0663 e. The second kappa shape index (κ2) is 6.78. The average Bonchev–Trinajstić information content (AvgIpc) is 2.48. The highest BCUT2D eigenvalue weighted by molar-refractivity contribution is 5.24. The molecular weight excluding hydrogens is 230 g/mol. The van der Waals surface area contributed by atoms with E-state index in [4.69, 9.17) is 6.42 Å². The van der Waals surface area contributed by atoms with Crippen molar-refractivity contribution in [3.05, 3.63) is 71.8 Å². The monoisotopic (exact) mass is 249 g/mol. The lowest BCUT2D eigenvalue weighted by Gasteiger charge is -2.21. The van der Waals surface area contributed by atoms with Crippen molar-refractivity contribution in [3.8, 4) is 12.3 Å². The summed E-state index contributed by atoms with van der Waals surface area (Å²) in [6, 6.07) is 21.2. The lowest BCUT2D eigenvalue weighted by Crippen LogP contribution is -2.30. The van der Waals surface area contributed by atoms with Crippen molar-refractivity contribution in [2.75, 3.05) is 0 Å². The normalized spacial score (nSPS) is 13.5. The minimum atomic E-state index is 0.0638. The maximum absolute atomic E-state index is 5.48. The molecule has 0 aliphatic rings. The van der Waals surface area contributed by atoms with Gasteiger partial charge < -0.3 is 0 Å². The molecule has 0 fully saturated rings. The fourth-order valence-corrected chi connectivity index (χ4v) is 2.16. The standard InChI is InChI=1S/C18H19N/c1-3-15(2)19-18(17-12-8-5-9-13-17)14-16-10-6-4-7-11-16/h1,4-13,15,18-19H,14H2,2H3. The van der Waals surface area contributed by atoms with E-state index in [0.717, 1.165) is 6.42 Å². The number of benzene rings is 2. The van der Waals surface area contributed by atoms with Gasteiger partial charge >= 0.3 is 0 Å². The molecular formula is C18H19N. The molecule has 0 amide bonds. The van der Waals surface area contributed by atoms with Gasteiger partial charge in [-0.05, 0) is 24.5 Å². The van der Waals surface area contributed by atoms with Gasteiger partial charge in [0.1, 0.15) is 0 Å². The van der Waals surface area contributed by atoms with Crippen molar-refractivity contribution in [3.63, 3.8) is 0 Å². The van der Waals surface area contributed by atoms with Gasteiger partial charge in [0, 0.05) is 6.04 Å². The molecule has 0 heterocycles. The lowest BCUT2D eigenvalue weighted by molar-refractivity contribution is 0.508. The van der Waals surface area contributed by atoms with Crippen LogP contribution in [0.25, 0.3) is 0 Å². The van der Waals surface area contributed by atoms with Crippen molar-refractivity contribution in [1.82, 2.24) is 5.32 Å². The largest absolute Gasteiger partial charge is 0.297 e. The Kier molecular flexibility index (Phi) is 4.78. The van der Waals surface area contributed by atoms with E-state index in [2.05, 4.69) is 59.8 Å². The van der Waals surface area contributed by atoms with Gasteiger partial charge in [0.05, 0.1) is 6.04 Å². The van der Waals surface area contributed by atoms with E-state index in [1.165, 1.54) is 11.1 Å². The zero-order valence-corrected chi connectivity index (χ0v) is 11.2. The Balaban J connectivity index is 2.18. The molecule has 2 aromatic rings. The van der Waals surface area contributed by atoms with Gasteiger partial charge in [-0.2, -0.15) is 0 Å². The summed E-state index contributed by atoms with van der Waals surface area (Å²) in [7, 11) is 0. The van der Waals surface area contributed by atoms with Crippen LogP contribution in [-0.2, 0) is 6.42 Å². The SMILES string of the molecule is C#CC(C)NC(Cc1ccccc1)c1ccccc1. The quantitative estimate of drug-likeness (QED) is 0.799. The molecule has 0 saturated heterocycles. The van der Waals surface area contributed by atoms with E-state index in [0.29, 0.717) is 0 Å². The average molecular weight is 249 g/mol. The molecule has 19 heavy (non-hydrogen) atoms. The number of hydrogen-bond acceptors (Lipinski definition) is 1. The molecule has 0 aliphatic carbocycles. The second-order valence-electron chi connectivity index (χ2n) is 4.71. The van der Waals surface area contributed by atoms with Gasteiger partial charge in [-0.3, -0.25) is 5.32 Å². The van der Waals surface area contributed by atoms with Gasteiger partial charge in [-0.1, -0.05) is 66.6 Å². The van der Waals surface area contributed by atoms with E-state index in [-0.39, 0.29) is 12.1 Å². The summed E-state index contributed by atoms with van der Waals surface area (Å²) in [4.78, 5) is 0. The van der Waals surface area contributed by atoms with Crippen LogP contribution in [0.5, 0.6) is 0 Å². The fourth-order valence-electron chi connectivity index (χ4n) is 2.16. The Morgan fingerprint density at radius 2 is 1.58 bits per heavy atom. The molecule has 1 heteroatoms. The molecule has 1 N–H and O–H groups in total. The summed E-state index contributed by atoms with van der Waals surface area (Å²) in [6.07, 6.45) is 6.42. The summed E-state index contributed by atoms with van der Waals surface area (Å²) in [5, 5.41) is 3.50. The minimum Gasteiger partial charge on any atom is -0.297 e. The van der Waals surface area contributed by atoms with Crippen LogP contribution in [0, 0.1) is 12.3 Å². The van der Waals surface area contributed by atoms with Gasteiger partial charge in [0.2, 0.25) is 0 Å². The molecule has 0 radical (unpaired) electrons. The Morgan fingerprint density at radius 1 is 1.00 bits per heavy atom. The van der Waals surface area contributed by atoms with Crippen LogP contribution in [0.15, 0.2) is 60.7 Å². The van der Waals surface area contributed by atoms with Crippen LogP contribution in [0.2, 0.25) is 0 Å². The van der Waals surface area contributed by atoms with Crippen molar-refractivity contribution in [2.45, 2.75) is 25.4 Å². The summed E-state index contributed by atoms with van der Waals surface area (Å²) in [6.45, 7) is 2.01. The fraction of sp³-hybridized carbons (Fsp3) is 0.222. The molecule has 96 valence electrons. The molecule has 2 unspecified atom stereocenters. The molecule has 0 aliphatic heterocycles. The highest BCUT2D eigenvalue weighted by Gasteiger charge is 2.13. The molecule has 2 rings (SSSR count). The van der Waals surface area contributed by atoms with Crippen LogP contribution in [-0.4, -0.2) is 6.04 Å². The van der Waals surface area contributed by atoms with E-state index in [9.17, 15) is 0 Å². The molecule has 0 spiro atoms. The van der Waals surface area contributed by atoms with Crippen LogP contribution >= 0.6 is 0 Å². The Labute approximate surface area is 115 Å². The van der Waals surface area contributed by atoms with Gasteiger partial charge in [0.15, 0.2) is 0 Å². The summed E-state index contributed by atoms with van der Waals surface area (Å²) >= 11 is 0. The third-order valence-corrected chi connectivity index (χ3v) is 3.19. The second-order valence-corrected chi connectivity index (χ2v) is 4.71. The maximum atomic E-state index is 5.48. The summed E-state index contributed by atoms with van der Waals surface area (Å²) in [5.74, 6) is 2.74. The van der Waals surface area contributed by atoms with E-state index >= 15 is 0 Å². The van der Waals surface area contributed by atoms with Crippen molar-refractivity contribution < 1.29 is 0 Å². The van der Waals surface area contributed by atoms with Crippen LogP contribution < -0.4 is 5.32 Å². The third-order valence-electron chi connectivity index (χ3n) is 3.19. The lowest BCUT2D eigenvalue weighted by atomic mass is 9.98. The number of hydrogen-bond donors (Lipinski definition) is 1. The Bertz CT molecular complexity index is 525. The van der Waals surface area contributed by atoms with Crippen molar-refractivity contribution >= 4 is 0 Å². The zero-order chi connectivity index (χ0) is 13.5. The van der Waals surface area contributed by atoms with Crippen LogP contribution in [0.4, 0.5) is 0 Å². The van der Waals surface area contributed by atoms with E-state index < -0.39 is 0 Å². The van der Waals surface area contributed by atoms with E-state index in [1.54, 1.807) is 0 Å². The topological polar surface area (TPSA) is 12.0 Å². The number of nitrogens with one attached hydrogen (secondary N) is 1. The molecule has 0 saturated carbocycles. The first kappa shape index (κ1) is 13.4. The van der Waals surface area contributed by atoms with Gasteiger partial charge in [-0.15, -0.1) is 6.42 Å². The predicted octanol–water partition coefficient (Wildman–Crippen LogP) is 3.58. The Hall–Kier alpha value is -2.04. The highest BCUT2D eigenvalue weighted by Crippen LogP contribution is 2.18. The van der Waals surface area contributed by atoms with Crippen LogP contribution in [0.3, 0.4) is 0 Å². The molecule has 2 atom stereocenters. The van der Waals surface area contributed by atoms with Gasteiger partial charge in [0.25, 0.3) is 0 Å². The van der Waals surface area contributed by atoms with Crippen molar-refractivity contribution in [1.29, 1.82) is 0 Å². The minimum absolute atomic E-state index is 0.0638. The Morgan fingerprint density at radius 3 is 2.16 bits per heavy atom. The van der Waals surface area contributed by atoms with Crippen LogP contribution in [0.1, 0.15) is 24.1 Å². The molecule has 0 aromatic heterocycles. The third kappa shape index (κ3) is 3.98. The highest BCUT2D eigenvalue weighted by atomic mass is 14.9. The number of terminal acetylenes is 1. The molecule has 0 bridgehead atoms. The first-order valence-corrected chi connectivity index (χ1v) is 6.60.